The highest BCUT2D eigenvalue weighted by molar-refractivity contribution is 5.19. The SMILES string of the molecule is COCCCOC(c1ccccc1)C1CCCN(/C(=C/N=O)N[C@H](CN)CC2CCCCC2)C1. The first-order chi connectivity index (χ1) is 16.7. The summed E-state index contributed by atoms with van der Waals surface area (Å²) in [6, 6.07) is 10.6. The molecule has 0 radical (unpaired) electrons. The van der Waals surface area contributed by atoms with Crippen molar-refractivity contribution in [2.24, 2.45) is 22.7 Å². The Morgan fingerprint density at radius 3 is 2.68 bits per heavy atom. The van der Waals surface area contributed by atoms with Gasteiger partial charge in [-0.25, -0.2) is 0 Å². The van der Waals surface area contributed by atoms with Gasteiger partial charge in [0.15, 0.2) is 0 Å². The van der Waals surface area contributed by atoms with Gasteiger partial charge < -0.3 is 25.4 Å². The largest absolute Gasteiger partial charge is 0.385 e. The van der Waals surface area contributed by atoms with Crippen LogP contribution in [0, 0.1) is 16.7 Å². The molecule has 1 aliphatic heterocycles. The Balaban J connectivity index is 1.66. The van der Waals surface area contributed by atoms with Crippen molar-refractivity contribution in [3.05, 3.63) is 52.8 Å². The smallest absolute Gasteiger partial charge is 0.124 e. The summed E-state index contributed by atoms with van der Waals surface area (Å²) >= 11 is 0. The molecule has 0 aromatic heterocycles. The molecule has 2 unspecified atom stereocenters. The molecule has 1 aliphatic carbocycles. The molecule has 3 rings (SSSR count). The van der Waals surface area contributed by atoms with E-state index >= 15 is 0 Å². The summed E-state index contributed by atoms with van der Waals surface area (Å²) in [7, 11) is 1.72. The van der Waals surface area contributed by atoms with Crippen molar-refractivity contribution in [2.75, 3.05) is 40.0 Å². The van der Waals surface area contributed by atoms with Crippen LogP contribution in [0.15, 0.2) is 47.5 Å². The lowest BCUT2D eigenvalue weighted by atomic mass is 9.85. The van der Waals surface area contributed by atoms with Gasteiger partial charge in [-0.1, -0.05) is 62.4 Å². The molecule has 1 saturated heterocycles. The molecule has 1 heterocycles. The molecule has 190 valence electrons. The van der Waals surface area contributed by atoms with Crippen LogP contribution in [0.1, 0.15) is 69.5 Å². The summed E-state index contributed by atoms with van der Waals surface area (Å²) in [6.07, 6.45) is 12.1. The first kappa shape index (κ1) is 26.6. The van der Waals surface area contributed by atoms with Crippen LogP contribution in [0.5, 0.6) is 0 Å². The molecule has 1 saturated carbocycles. The van der Waals surface area contributed by atoms with Crippen LogP contribution in [0.25, 0.3) is 0 Å². The average Bonchev–Trinajstić information content (AvgIpc) is 2.89. The van der Waals surface area contributed by atoms with Gasteiger partial charge in [0.25, 0.3) is 0 Å². The number of nitrogens with two attached hydrogens (primary N) is 1. The Labute approximate surface area is 205 Å². The minimum Gasteiger partial charge on any atom is -0.385 e. The minimum atomic E-state index is 0.0128. The van der Waals surface area contributed by atoms with E-state index in [9.17, 15) is 4.91 Å². The number of ether oxygens (including phenoxy) is 2. The number of hydrogen-bond acceptors (Lipinski definition) is 7. The lowest BCUT2D eigenvalue weighted by Gasteiger charge is -2.40. The van der Waals surface area contributed by atoms with Crippen molar-refractivity contribution in [1.82, 2.24) is 10.2 Å². The summed E-state index contributed by atoms with van der Waals surface area (Å²) in [4.78, 5) is 13.6. The van der Waals surface area contributed by atoms with E-state index < -0.39 is 0 Å². The number of nitrogens with one attached hydrogen (secondary N) is 1. The van der Waals surface area contributed by atoms with Gasteiger partial charge in [-0.15, -0.1) is 4.91 Å². The topological polar surface area (TPSA) is 89.2 Å². The summed E-state index contributed by atoms with van der Waals surface area (Å²) in [5, 5.41) is 6.73. The zero-order chi connectivity index (χ0) is 24.0. The zero-order valence-corrected chi connectivity index (χ0v) is 20.9. The maximum absolute atomic E-state index is 11.3. The predicted molar refractivity (Wildman–Crippen MR) is 137 cm³/mol. The average molecular weight is 473 g/mol. The molecular formula is C27H44N4O3. The van der Waals surface area contributed by atoms with Gasteiger partial charge in [-0.2, -0.15) is 0 Å². The lowest BCUT2D eigenvalue weighted by molar-refractivity contribution is -0.0186. The molecule has 0 spiro atoms. The van der Waals surface area contributed by atoms with E-state index in [1.54, 1.807) is 7.11 Å². The fourth-order valence-electron chi connectivity index (χ4n) is 5.55. The molecule has 1 aromatic rings. The molecule has 0 amide bonds. The van der Waals surface area contributed by atoms with Crippen LogP contribution in [-0.4, -0.2) is 50.9 Å². The minimum absolute atomic E-state index is 0.0128. The number of piperidine rings is 1. The highest BCUT2D eigenvalue weighted by Gasteiger charge is 2.31. The number of rotatable bonds is 14. The van der Waals surface area contributed by atoms with Crippen LogP contribution < -0.4 is 11.1 Å². The molecular weight excluding hydrogens is 428 g/mol. The van der Waals surface area contributed by atoms with Crippen molar-refractivity contribution in [3.63, 3.8) is 0 Å². The Kier molecular flexibility index (Phi) is 11.8. The van der Waals surface area contributed by atoms with E-state index in [0.717, 1.165) is 50.5 Å². The third kappa shape index (κ3) is 8.36. The lowest BCUT2D eigenvalue weighted by Crippen LogP contribution is -2.46. The van der Waals surface area contributed by atoms with Gasteiger partial charge in [0.2, 0.25) is 0 Å². The maximum Gasteiger partial charge on any atom is 0.124 e. The number of benzene rings is 1. The summed E-state index contributed by atoms with van der Waals surface area (Å²) in [6.45, 7) is 3.63. The monoisotopic (exact) mass is 472 g/mol. The van der Waals surface area contributed by atoms with E-state index in [4.69, 9.17) is 15.2 Å². The standard InChI is InChI=1S/C27H44N4O3/c1-33-16-9-17-34-27(23-12-6-3-7-13-23)24-14-8-15-31(21-24)26(20-29-32)30-25(19-28)18-22-10-4-2-5-11-22/h3,6-7,12-13,20,22,24-25,27,30H,2,4-5,8-11,14-19,21,28H2,1H3/b26-20+/t24?,25-,27?/m0/s1. The van der Waals surface area contributed by atoms with Crippen molar-refractivity contribution >= 4 is 0 Å². The zero-order valence-electron chi connectivity index (χ0n) is 20.9. The van der Waals surface area contributed by atoms with Crippen LogP contribution in [-0.2, 0) is 9.47 Å². The van der Waals surface area contributed by atoms with Crippen LogP contribution >= 0.6 is 0 Å². The quantitative estimate of drug-likeness (QED) is 0.294. The summed E-state index contributed by atoms with van der Waals surface area (Å²) in [5.41, 5.74) is 7.35. The van der Waals surface area contributed by atoms with Crippen LogP contribution in [0.4, 0.5) is 0 Å². The number of nitrogens with zero attached hydrogens (tertiary/aromatic N) is 2. The Morgan fingerprint density at radius 1 is 1.18 bits per heavy atom. The molecule has 0 bridgehead atoms. The van der Waals surface area contributed by atoms with E-state index in [-0.39, 0.29) is 12.1 Å². The number of hydrogen-bond donors (Lipinski definition) is 2. The van der Waals surface area contributed by atoms with E-state index in [1.165, 1.54) is 43.9 Å². The highest BCUT2D eigenvalue weighted by atomic mass is 16.5. The molecule has 3 N–H and O–H groups in total. The van der Waals surface area contributed by atoms with E-state index in [1.807, 2.05) is 6.07 Å². The highest BCUT2D eigenvalue weighted by Crippen LogP contribution is 2.34. The van der Waals surface area contributed by atoms with Gasteiger partial charge in [0, 0.05) is 51.9 Å². The number of methoxy groups -OCH3 is 1. The van der Waals surface area contributed by atoms with Gasteiger partial charge in [0.1, 0.15) is 12.0 Å². The maximum atomic E-state index is 11.3. The third-order valence-electron chi connectivity index (χ3n) is 7.30. The molecule has 3 atom stereocenters. The predicted octanol–water partition coefficient (Wildman–Crippen LogP) is 4.95. The van der Waals surface area contributed by atoms with Gasteiger partial charge in [0.05, 0.1) is 6.10 Å². The second-order valence-corrected chi connectivity index (χ2v) is 9.83. The fraction of sp³-hybridized carbons (Fsp3) is 0.704. The van der Waals surface area contributed by atoms with Crippen molar-refractivity contribution in [1.29, 1.82) is 0 Å². The van der Waals surface area contributed by atoms with Crippen molar-refractivity contribution in [2.45, 2.75) is 69.9 Å². The third-order valence-corrected chi connectivity index (χ3v) is 7.30. The van der Waals surface area contributed by atoms with Crippen molar-refractivity contribution < 1.29 is 9.47 Å². The Hall–Kier alpha value is -1.96. The molecule has 2 aliphatic rings. The summed E-state index contributed by atoms with van der Waals surface area (Å²) in [5.74, 6) is 1.85. The first-order valence-corrected chi connectivity index (χ1v) is 13.1. The fourth-order valence-corrected chi connectivity index (χ4v) is 5.55. The molecule has 34 heavy (non-hydrogen) atoms. The second kappa shape index (κ2) is 15.1. The van der Waals surface area contributed by atoms with Gasteiger partial charge in [-0.3, -0.25) is 0 Å². The summed E-state index contributed by atoms with van der Waals surface area (Å²) < 4.78 is 11.6. The molecule has 7 heteroatoms. The van der Waals surface area contributed by atoms with E-state index in [0.29, 0.717) is 25.7 Å². The van der Waals surface area contributed by atoms with Gasteiger partial charge in [-0.05, 0) is 42.3 Å². The second-order valence-electron chi connectivity index (χ2n) is 9.83. The van der Waals surface area contributed by atoms with Crippen LogP contribution in [0.2, 0.25) is 0 Å². The normalized spacial score (nSPS) is 21.8. The van der Waals surface area contributed by atoms with Crippen molar-refractivity contribution in [3.8, 4) is 0 Å². The first-order valence-electron chi connectivity index (χ1n) is 13.1. The van der Waals surface area contributed by atoms with Gasteiger partial charge >= 0.3 is 0 Å². The van der Waals surface area contributed by atoms with E-state index in [2.05, 4.69) is 39.7 Å². The molecule has 7 nitrogen and oxygen atoms in total. The Bertz CT molecular complexity index is 724. The molecule has 1 aromatic carbocycles. The van der Waals surface area contributed by atoms with Crippen LogP contribution in [0.3, 0.4) is 0 Å². The Morgan fingerprint density at radius 2 is 1.97 bits per heavy atom. The number of likely N-dealkylation sites (tertiary alicyclic amines) is 1. The number of nitroso groups, excluding NO2 is 1. The molecule has 2 fully saturated rings.